The average molecular weight is 154 g/mol. The molecule has 51 valence electrons. The number of carbonyl (C=O) groups excluding carboxylic acids is 1. The fourth-order valence-corrected chi connectivity index (χ4v) is 1.19. The highest BCUT2D eigenvalue weighted by Gasteiger charge is 2.02. The van der Waals surface area contributed by atoms with E-state index in [2.05, 4.69) is 5.16 Å². The SMILES string of the molecule is O=[C]C(=NO)c1cccs1. The Morgan fingerprint density at radius 2 is 2.60 bits per heavy atom. The van der Waals surface area contributed by atoms with Crippen LogP contribution in [0.3, 0.4) is 0 Å². The van der Waals surface area contributed by atoms with E-state index in [0.717, 1.165) is 0 Å². The third-order valence-electron chi connectivity index (χ3n) is 0.951. The van der Waals surface area contributed by atoms with Gasteiger partial charge in [0.25, 0.3) is 6.29 Å². The number of thiophene rings is 1. The van der Waals surface area contributed by atoms with Crippen LogP contribution >= 0.6 is 11.3 Å². The summed E-state index contributed by atoms with van der Waals surface area (Å²) in [6.07, 6.45) is 1.51. The predicted octanol–water partition coefficient (Wildman–Crippen LogP) is 1.04. The maximum Gasteiger partial charge on any atom is 0.258 e. The maximum absolute atomic E-state index is 10.0. The van der Waals surface area contributed by atoms with Gasteiger partial charge in [-0.25, -0.2) is 0 Å². The summed E-state index contributed by atoms with van der Waals surface area (Å²) in [5.74, 6) is 0. The van der Waals surface area contributed by atoms with Crippen molar-refractivity contribution >= 4 is 23.3 Å². The lowest BCUT2D eigenvalue weighted by molar-refractivity contribution is 0.320. The van der Waals surface area contributed by atoms with Crippen LogP contribution in [0.2, 0.25) is 0 Å². The van der Waals surface area contributed by atoms with Crippen LogP contribution < -0.4 is 0 Å². The molecule has 0 spiro atoms. The van der Waals surface area contributed by atoms with Crippen molar-refractivity contribution in [2.45, 2.75) is 0 Å². The van der Waals surface area contributed by atoms with Crippen molar-refractivity contribution in [1.29, 1.82) is 0 Å². The van der Waals surface area contributed by atoms with Crippen LogP contribution in [0.5, 0.6) is 0 Å². The van der Waals surface area contributed by atoms with E-state index in [-0.39, 0.29) is 5.71 Å². The van der Waals surface area contributed by atoms with E-state index in [1.54, 1.807) is 17.5 Å². The summed E-state index contributed by atoms with van der Waals surface area (Å²) in [5.41, 5.74) is -0.0463. The summed E-state index contributed by atoms with van der Waals surface area (Å²) in [5, 5.41) is 12.8. The van der Waals surface area contributed by atoms with Crippen LogP contribution in [0.15, 0.2) is 22.7 Å². The van der Waals surface area contributed by atoms with Crippen molar-refractivity contribution in [3.63, 3.8) is 0 Å². The van der Waals surface area contributed by atoms with Gasteiger partial charge in [0.1, 0.15) is 0 Å². The first-order valence-corrected chi connectivity index (χ1v) is 3.40. The molecule has 0 bridgehead atoms. The molecule has 0 fully saturated rings. The highest BCUT2D eigenvalue weighted by Crippen LogP contribution is 2.08. The van der Waals surface area contributed by atoms with Crippen LogP contribution in [0.25, 0.3) is 0 Å². The predicted molar refractivity (Wildman–Crippen MR) is 38.3 cm³/mol. The highest BCUT2D eigenvalue weighted by molar-refractivity contribution is 7.12. The van der Waals surface area contributed by atoms with Crippen molar-refractivity contribution in [3.8, 4) is 0 Å². The fraction of sp³-hybridized carbons (Fsp3) is 0. The molecule has 10 heavy (non-hydrogen) atoms. The fourth-order valence-electron chi connectivity index (χ4n) is 0.533. The minimum absolute atomic E-state index is 0.0463. The van der Waals surface area contributed by atoms with Gasteiger partial charge >= 0.3 is 0 Å². The lowest BCUT2D eigenvalue weighted by atomic mass is 10.3. The minimum Gasteiger partial charge on any atom is -0.410 e. The van der Waals surface area contributed by atoms with E-state index in [1.807, 2.05) is 0 Å². The average Bonchev–Trinajstić information content (AvgIpc) is 2.43. The first-order chi connectivity index (χ1) is 4.88. The Bertz CT molecular complexity index is 240. The Balaban J connectivity index is 2.95. The van der Waals surface area contributed by atoms with E-state index in [9.17, 15) is 4.79 Å². The van der Waals surface area contributed by atoms with Gasteiger partial charge in [-0.2, -0.15) is 0 Å². The Morgan fingerprint density at radius 3 is 3.00 bits per heavy atom. The van der Waals surface area contributed by atoms with Gasteiger partial charge in [0.05, 0.1) is 4.88 Å². The van der Waals surface area contributed by atoms with Gasteiger partial charge in [0.15, 0.2) is 5.71 Å². The van der Waals surface area contributed by atoms with Gasteiger partial charge in [-0.05, 0) is 11.4 Å². The molecule has 4 heteroatoms. The molecule has 0 aromatic carbocycles. The number of hydrogen-bond donors (Lipinski definition) is 1. The van der Waals surface area contributed by atoms with Crippen molar-refractivity contribution < 1.29 is 10.0 Å². The van der Waals surface area contributed by atoms with Crippen LogP contribution in [-0.4, -0.2) is 17.2 Å². The minimum atomic E-state index is -0.0463. The van der Waals surface area contributed by atoms with Gasteiger partial charge in [0.2, 0.25) is 0 Å². The topological polar surface area (TPSA) is 49.7 Å². The molecule has 1 aromatic heterocycles. The Morgan fingerprint density at radius 1 is 1.80 bits per heavy atom. The summed E-state index contributed by atoms with van der Waals surface area (Å²) in [4.78, 5) is 10.6. The van der Waals surface area contributed by atoms with E-state index < -0.39 is 0 Å². The second-order valence-electron chi connectivity index (χ2n) is 1.53. The molecule has 0 amide bonds. The quantitative estimate of drug-likeness (QED) is 0.393. The van der Waals surface area contributed by atoms with Crippen molar-refractivity contribution in [1.82, 2.24) is 0 Å². The number of hydrogen-bond acceptors (Lipinski definition) is 4. The molecule has 1 aromatic rings. The number of oxime groups is 1. The van der Waals surface area contributed by atoms with Crippen LogP contribution in [-0.2, 0) is 4.79 Å². The van der Waals surface area contributed by atoms with Gasteiger partial charge < -0.3 is 5.21 Å². The monoisotopic (exact) mass is 154 g/mol. The summed E-state index contributed by atoms with van der Waals surface area (Å²) >= 11 is 1.33. The van der Waals surface area contributed by atoms with E-state index >= 15 is 0 Å². The third kappa shape index (κ3) is 1.22. The highest BCUT2D eigenvalue weighted by atomic mass is 32.1. The molecule has 0 aliphatic rings. The van der Waals surface area contributed by atoms with Crippen molar-refractivity contribution in [2.75, 3.05) is 0 Å². The van der Waals surface area contributed by atoms with Crippen LogP contribution in [0, 0.1) is 0 Å². The molecule has 0 unspecified atom stereocenters. The second-order valence-corrected chi connectivity index (χ2v) is 2.48. The molecular formula is C6H4NO2S. The first kappa shape index (κ1) is 6.95. The largest absolute Gasteiger partial charge is 0.410 e. The van der Waals surface area contributed by atoms with Gasteiger partial charge in [0, 0.05) is 0 Å². The smallest absolute Gasteiger partial charge is 0.258 e. The van der Waals surface area contributed by atoms with E-state index in [4.69, 9.17) is 5.21 Å². The van der Waals surface area contributed by atoms with Crippen LogP contribution in [0.4, 0.5) is 0 Å². The molecular weight excluding hydrogens is 150 g/mol. The van der Waals surface area contributed by atoms with Gasteiger partial charge in [-0.15, -0.1) is 11.3 Å². The Kier molecular flexibility index (Phi) is 2.17. The number of nitrogens with zero attached hydrogens (tertiary/aromatic N) is 1. The Hall–Kier alpha value is -1.16. The molecule has 0 aliphatic carbocycles. The molecule has 0 saturated carbocycles. The first-order valence-electron chi connectivity index (χ1n) is 2.52. The summed E-state index contributed by atoms with van der Waals surface area (Å²) in [6, 6.07) is 3.45. The molecule has 3 nitrogen and oxygen atoms in total. The normalized spacial score (nSPS) is 11.4. The molecule has 1 heterocycles. The molecule has 1 N–H and O–H groups in total. The molecule has 1 radical (unpaired) electrons. The molecule has 0 atom stereocenters. The number of rotatable bonds is 2. The third-order valence-corrected chi connectivity index (χ3v) is 1.83. The van der Waals surface area contributed by atoms with E-state index in [1.165, 1.54) is 17.6 Å². The standard InChI is InChI=1S/C6H4NO2S/c8-4-5(7-9)6-2-1-3-10-6/h1-3,9H. The maximum atomic E-state index is 10.0. The second kappa shape index (κ2) is 3.12. The lowest BCUT2D eigenvalue weighted by Crippen LogP contribution is -1.97. The zero-order valence-electron chi connectivity index (χ0n) is 4.94. The zero-order valence-corrected chi connectivity index (χ0v) is 5.76. The summed E-state index contributed by atoms with van der Waals surface area (Å²) in [6.45, 7) is 0. The van der Waals surface area contributed by atoms with Crippen molar-refractivity contribution in [2.24, 2.45) is 5.16 Å². The molecule has 0 aliphatic heterocycles. The molecule has 0 saturated heterocycles. The van der Waals surface area contributed by atoms with E-state index in [0.29, 0.717) is 4.88 Å². The Labute approximate surface area is 61.6 Å². The van der Waals surface area contributed by atoms with Crippen LogP contribution in [0.1, 0.15) is 4.88 Å². The summed E-state index contributed by atoms with van der Waals surface area (Å²) in [7, 11) is 0. The molecule has 1 rings (SSSR count). The van der Waals surface area contributed by atoms with Gasteiger partial charge in [-0.3, -0.25) is 4.79 Å². The van der Waals surface area contributed by atoms with Gasteiger partial charge in [-0.1, -0.05) is 11.2 Å². The summed E-state index contributed by atoms with van der Waals surface area (Å²) < 4.78 is 0. The zero-order chi connectivity index (χ0) is 7.40. The van der Waals surface area contributed by atoms with Crippen molar-refractivity contribution in [3.05, 3.63) is 22.4 Å². The lowest BCUT2D eigenvalue weighted by Gasteiger charge is -1.84.